The van der Waals surface area contributed by atoms with E-state index in [1.807, 2.05) is 6.07 Å². The summed E-state index contributed by atoms with van der Waals surface area (Å²) in [4.78, 5) is 12.1. The van der Waals surface area contributed by atoms with Gasteiger partial charge >= 0.3 is 5.97 Å². The standard InChI is InChI=1S/C18H26O3/c1-4-21-16(19)17(2,3)18(20)12-10-15(11-13-18)14-8-6-5-7-9-14/h5-9,15,20H,4,10-13H2,1-3H3. The van der Waals surface area contributed by atoms with E-state index in [9.17, 15) is 9.90 Å². The Hall–Kier alpha value is -1.35. The van der Waals surface area contributed by atoms with Gasteiger partial charge in [0.15, 0.2) is 0 Å². The van der Waals surface area contributed by atoms with E-state index in [2.05, 4.69) is 24.3 Å². The van der Waals surface area contributed by atoms with E-state index in [4.69, 9.17) is 4.74 Å². The van der Waals surface area contributed by atoms with Gasteiger partial charge in [-0.15, -0.1) is 0 Å². The lowest BCUT2D eigenvalue weighted by Gasteiger charge is -2.45. The molecule has 0 unspecified atom stereocenters. The van der Waals surface area contributed by atoms with E-state index < -0.39 is 11.0 Å². The van der Waals surface area contributed by atoms with Crippen molar-refractivity contribution in [3.05, 3.63) is 35.9 Å². The highest BCUT2D eigenvalue weighted by molar-refractivity contribution is 5.77. The minimum atomic E-state index is -0.968. The average Bonchev–Trinajstić information content (AvgIpc) is 2.49. The summed E-state index contributed by atoms with van der Waals surface area (Å²) in [6.07, 6.45) is 3.09. The molecule has 1 aliphatic carbocycles. The molecular formula is C18H26O3. The summed E-state index contributed by atoms with van der Waals surface area (Å²) in [6.45, 7) is 5.75. The largest absolute Gasteiger partial charge is 0.465 e. The Balaban J connectivity index is 2.06. The van der Waals surface area contributed by atoms with Gasteiger partial charge in [0.05, 0.1) is 17.6 Å². The van der Waals surface area contributed by atoms with Crippen LogP contribution >= 0.6 is 0 Å². The van der Waals surface area contributed by atoms with Crippen LogP contribution in [-0.4, -0.2) is 23.3 Å². The highest BCUT2D eigenvalue weighted by Gasteiger charge is 2.51. The first-order valence-electron chi connectivity index (χ1n) is 7.85. The predicted molar refractivity (Wildman–Crippen MR) is 83.0 cm³/mol. The summed E-state index contributed by atoms with van der Waals surface area (Å²) in [6, 6.07) is 10.4. The van der Waals surface area contributed by atoms with Crippen molar-refractivity contribution < 1.29 is 14.6 Å². The maximum Gasteiger partial charge on any atom is 0.314 e. The number of rotatable bonds is 4. The molecule has 1 aromatic carbocycles. The average molecular weight is 290 g/mol. The third kappa shape index (κ3) is 3.13. The number of hydrogen-bond acceptors (Lipinski definition) is 3. The summed E-state index contributed by atoms with van der Waals surface area (Å²) in [7, 11) is 0. The van der Waals surface area contributed by atoms with Crippen LogP contribution < -0.4 is 0 Å². The van der Waals surface area contributed by atoms with Gasteiger partial charge in [0.25, 0.3) is 0 Å². The number of ether oxygens (including phenoxy) is 1. The molecule has 1 aliphatic rings. The first kappa shape index (κ1) is 16.0. The predicted octanol–water partition coefficient (Wildman–Crippen LogP) is 3.66. The zero-order chi connectivity index (χ0) is 15.5. The van der Waals surface area contributed by atoms with E-state index in [0.29, 0.717) is 25.4 Å². The third-order valence-electron chi connectivity index (χ3n) is 5.03. The van der Waals surface area contributed by atoms with Crippen molar-refractivity contribution in [2.24, 2.45) is 5.41 Å². The van der Waals surface area contributed by atoms with Crippen molar-refractivity contribution in [2.75, 3.05) is 6.61 Å². The van der Waals surface area contributed by atoms with E-state index >= 15 is 0 Å². The second kappa shape index (κ2) is 6.18. The highest BCUT2D eigenvalue weighted by Crippen LogP contribution is 2.47. The normalized spacial score (nSPS) is 26.4. The Morgan fingerprint density at radius 1 is 1.29 bits per heavy atom. The van der Waals surface area contributed by atoms with Gasteiger partial charge in [-0.25, -0.2) is 0 Å². The summed E-state index contributed by atoms with van der Waals surface area (Å²) in [5, 5.41) is 11.0. The number of benzene rings is 1. The summed E-state index contributed by atoms with van der Waals surface area (Å²) in [5.41, 5.74) is -0.497. The van der Waals surface area contributed by atoms with Crippen LogP contribution in [0.2, 0.25) is 0 Å². The maximum atomic E-state index is 12.1. The molecule has 0 amide bonds. The molecule has 3 heteroatoms. The Morgan fingerprint density at radius 2 is 1.86 bits per heavy atom. The fourth-order valence-electron chi connectivity index (χ4n) is 3.28. The Kier molecular flexibility index (Phi) is 4.72. The lowest BCUT2D eigenvalue weighted by atomic mass is 9.64. The summed E-state index contributed by atoms with van der Waals surface area (Å²) < 4.78 is 5.14. The van der Waals surface area contributed by atoms with E-state index in [1.54, 1.807) is 20.8 Å². The molecule has 0 atom stereocenters. The van der Waals surface area contributed by atoms with Crippen molar-refractivity contribution in [2.45, 2.75) is 58.0 Å². The SMILES string of the molecule is CCOC(=O)C(C)(C)C1(O)CCC(c2ccccc2)CC1. The van der Waals surface area contributed by atoms with E-state index in [0.717, 1.165) is 12.8 Å². The van der Waals surface area contributed by atoms with Crippen molar-refractivity contribution >= 4 is 5.97 Å². The van der Waals surface area contributed by atoms with Gasteiger partial charge in [-0.05, 0) is 57.9 Å². The van der Waals surface area contributed by atoms with Gasteiger partial charge in [0.2, 0.25) is 0 Å². The monoisotopic (exact) mass is 290 g/mol. The van der Waals surface area contributed by atoms with E-state index in [1.165, 1.54) is 5.56 Å². The Labute approximate surface area is 127 Å². The Morgan fingerprint density at radius 3 is 2.38 bits per heavy atom. The van der Waals surface area contributed by atoms with Crippen LogP contribution in [0.3, 0.4) is 0 Å². The molecule has 1 N–H and O–H groups in total. The topological polar surface area (TPSA) is 46.5 Å². The molecule has 3 nitrogen and oxygen atoms in total. The molecule has 1 fully saturated rings. The van der Waals surface area contributed by atoms with Crippen LogP contribution in [-0.2, 0) is 9.53 Å². The molecule has 116 valence electrons. The third-order valence-corrected chi connectivity index (χ3v) is 5.03. The van der Waals surface area contributed by atoms with Crippen LogP contribution in [0, 0.1) is 5.41 Å². The second-order valence-electron chi connectivity index (χ2n) is 6.56. The van der Waals surface area contributed by atoms with Crippen molar-refractivity contribution in [1.29, 1.82) is 0 Å². The molecule has 0 aliphatic heterocycles. The van der Waals surface area contributed by atoms with Gasteiger partial charge in [-0.2, -0.15) is 0 Å². The quantitative estimate of drug-likeness (QED) is 0.861. The van der Waals surface area contributed by atoms with Crippen LogP contribution in [0.25, 0.3) is 0 Å². The van der Waals surface area contributed by atoms with Gasteiger partial charge < -0.3 is 9.84 Å². The summed E-state index contributed by atoms with van der Waals surface area (Å²) in [5.74, 6) is 0.176. The minimum absolute atomic E-state index is 0.300. The molecule has 2 rings (SSSR count). The molecule has 1 aromatic rings. The molecule has 0 saturated heterocycles. The number of esters is 1. The van der Waals surface area contributed by atoms with Crippen LogP contribution in [0.4, 0.5) is 0 Å². The van der Waals surface area contributed by atoms with Crippen molar-refractivity contribution in [3.8, 4) is 0 Å². The van der Waals surface area contributed by atoms with Crippen molar-refractivity contribution in [3.63, 3.8) is 0 Å². The first-order chi connectivity index (χ1) is 9.90. The lowest BCUT2D eigenvalue weighted by Crippen LogP contribution is -2.52. The van der Waals surface area contributed by atoms with Gasteiger partial charge in [0, 0.05) is 0 Å². The van der Waals surface area contributed by atoms with Crippen LogP contribution in [0.5, 0.6) is 0 Å². The molecule has 1 saturated carbocycles. The van der Waals surface area contributed by atoms with Crippen LogP contribution in [0.15, 0.2) is 30.3 Å². The van der Waals surface area contributed by atoms with Crippen LogP contribution in [0.1, 0.15) is 57.9 Å². The Bertz CT molecular complexity index is 470. The minimum Gasteiger partial charge on any atom is -0.465 e. The molecule has 21 heavy (non-hydrogen) atoms. The molecule has 0 radical (unpaired) electrons. The fraction of sp³-hybridized carbons (Fsp3) is 0.611. The smallest absolute Gasteiger partial charge is 0.314 e. The lowest BCUT2D eigenvalue weighted by molar-refractivity contribution is -0.175. The van der Waals surface area contributed by atoms with Gasteiger partial charge in [-0.3, -0.25) is 4.79 Å². The number of aliphatic hydroxyl groups is 1. The maximum absolute atomic E-state index is 12.1. The van der Waals surface area contributed by atoms with Gasteiger partial charge in [-0.1, -0.05) is 30.3 Å². The zero-order valence-corrected chi connectivity index (χ0v) is 13.3. The first-order valence-corrected chi connectivity index (χ1v) is 7.85. The summed E-state index contributed by atoms with van der Waals surface area (Å²) >= 11 is 0. The molecule has 0 bridgehead atoms. The highest BCUT2D eigenvalue weighted by atomic mass is 16.5. The molecular weight excluding hydrogens is 264 g/mol. The second-order valence-corrected chi connectivity index (χ2v) is 6.56. The van der Waals surface area contributed by atoms with E-state index in [-0.39, 0.29) is 5.97 Å². The fourth-order valence-corrected chi connectivity index (χ4v) is 3.28. The zero-order valence-electron chi connectivity index (χ0n) is 13.3. The number of carbonyl (C=O) groups is 1. The molecule has 0 spiro atoms. The number of hydrogen-bond donors (Lipinski definition) is 1. The molecule has 0 aromatic heterocycles. The molecule has 0 heterocycles. The van der Waals surface area contributed by atoms with Crippen molar-refractivity contribution in [1.82, 2.24) is 0 Å². The van der Waals surface area contributed by atoms with Gasteiger partial charge in [0.1, 0.15) is 0 Å². The number of carbonyl (C=O) groups excluding carboxylic acids is 1.